The molecule has 2 fully saturated rings. The first kappa shape index (κ1) is 21.4. The highest BCUT2D eigenvalue weighted by molar-refractivity contribution is 5.78. The number of hydrogen-bond acceptors (Lipinski definition) is 7. The quantitative estimate of drug-likeness (QED) is 0.713. The van der Waals surface area contributed by atoms with Gasteiger partial charge in [-0.3, -0.25) is 14.6 Å². The number of benzene rings is 1. The van der Waals surface area contributed by atoms with Crippen LogP contribution in [-0.4, -0.2) is 87.7 Å². The van der Waals surface area contributed by atoms with Crippen LogP contribution >= 0.6 is 0 Å². The van der Waals surface area contributed by atoms with Gasteiger partial charge in [0.1, 0.15) is 0 Å². The van der Waals surface area contributed by atoms with E-state index < -0.39 is 0 Å². The number of amides is 1. The van der Waals surface area contributed by atoms with E-state index in [0.717, 1.165) is 63.5 Å². The molecule has 3 atom stereocenters. The Morgan fingerprint density at radius 2 is 1.83 bits per heavy atom. The van der Waals surface area contributed by atoms with Crippen molar-refractivity contribution in [2.24, 2.45) is 0 Å². The number of nitrogens with one attached hydrogen (secondary N) is 1. The van der Waals surface area contributed by atoms with Crippen molar-refractivity contribution in [3.05, 3.63) is 23.8 Å². The molecular weight excluding hydrogens is 386 g/mol. The number of carbonyl (C=O) groups is 1. The van der Waals surface area contributed by atoms with Crippen LogP contribution in [0.1, 0.15) is 24.8 Å². The fourth-order valence-electron chi connectivity index (χ4n) is 4.61. The van der Waals surface area contributed by atoms with E-state index in [4.69, 9.17) is 18.9 Å². The zero-order chi connectivity index (χ0) is 20.9. The second-order valence-electron chi connectivity index (χ2n) is 8.36. The monoisotopic (exact) mass is 419 g/mol. The average Bonchev–Trinajstić information content (AvgIpc) is 3.23. The van der Waals surface area contributed by atoms with Crippen molar-refractivity contribution in [3.8, 4) is 11.5 Å². The van der Waals surface area contributed by atoms with Gasteiger partial charge >= 0.3 is 0 Å². The molecule has 2 heterocycles. The lowest BCUT2D eigenvalue weighted by Crippen LogP contribution is -2.53. The number of piperazine rings is 1. The van der Waals surface area contributed by atoms with Gasteiger partial charge < -0.3 is 24.3 Å². The van der Waals surface area contributed by atoms with Crippen LogP contribution in [0.3, 0.4) is 0 Å². The van der Waals surface area contributed by atoms with E-state index >= 15 is 0 Å². The molecule has 1 N–H and O–H groups in total. The highest BCUT2D eigenvalue weighted by Crippen LogP contribution is 2.32. The van der Waals surface area contributed by atoms with E-state index in [1.54, 1.807) is 14.2 Å². The first-order chi connectivity index (χ1) is 14.6. The zero-order valence-corrected chi connectivity index (χ0v) is 18.0. The molecule has 1 aromatic carbocycles. The Bertz CT molecular complexity index is 723. The molecule has 1 amide bonds. The summed E-state index contributed by atoms with van der Waals surface area (Å²) in [5.41, 5.74) is 1.22. The third-order valence-electron chi connectivity index (χ3n) is 6.40. The number of carbonyl (C=O) groups excluding carboxylic acids is 1. The van der Waals surface area contributed by atoms with Crippen LogP contribution in [0.15, 0.2) is 18.2 Å². The molecule has 30 heavy (non-hydrogen) atoms. The second-order valence-corrected chi connectivity index (χ2v) is 8.36. The van der Waals surface area contributed by atoms with Crippen molar-refractivity contribution in [2.75, 3.05) is 53.7 Å². The Labute approximate surface area is 178 Å². The summed E-state index contributed by atoms with van der Waals surface area (Å²) in [4.78, 5) is 17.3. The van der Waals surface area contributed by atoms with Crippen LogP contribution in [0.4, 0.5) is 0 Å². The minimum absolute atomic E-state index is 0.0218. The van der Waals surface area contributed by atoms with Crippen molar-refractivity contribution < 1.29 is 23.7 Å². The number of rotatable bonds is 7. The Kier molecular flexibility index (Phi) is 7.09. The molecule has 0 aromatic heterocycles. The van der Waals surface area contributed by atoms with Gasteiger partial charge in [-0.25, -0.2) is 0 Å². The molecule has 4 rings (SSSR count). The fourth-order valence-corrected chi connectivity index (χ4v) is 4.61. The molecule has 8 nitrogen and oxygen atoms in total. The molecule has 1 saturated heterocycles. The summed E-state index contributed by atoms with van der Waals surface area (Å²) in [5.74, 6) is 1.72. The predicted molar refractivity (Wildman–Crippen MR) is 112 cm³/mol. The van der Waals surface area contributed by atoms with Gasteiger partial charge in [0.25, 0.3) is 0 Å². The Morgan fingerprint density at radius 1 is 1.07 bits per heavy atom. The van der Waals surface area contributed by atoms with Crippen molar-refractivity contribution in [1.29, 1.82) is 0 Å². The van der Waals surface area contributed by atoms with Crippen molar-refractivity contribution in [2.45, 2.75) is 44.1 Å². The van der Waals surface area contributed by atoms with Crippen molar-refractivity contribution in [1.82, 2.24) is 15.1 Å². The van der Waals surface area contributed by atoms with Crippen LogP contribution in [-0.2, 0) is 20.8 Å². The smallest absolute Gasteiger partial charge is 0.234 e. The number of fused-ring (bicyclic) bond motifs is 1. The number of hydrogen-bond donors (Lipinski definition) is 1. The van der Waals surface area contributed by atoms with Crippen LogP contribution in [0, 0.1) is 0 Å². The fraction of sp³-hybridized carbons (Fsp3) is 0.682. The predicted octanol–water partition coefficient (Wildman–Crippen LogP) is 1.23. The molecule has 1 aromatic rings. The van der Waals surface area contributed by atoms with Crippen LogP contribution in [0.25, 0.3) is 0 Å². The standard InChI is InChI=1S/C22H33N3O5/c1-27-17-4-6-19(28-2)18(12-17)23-22(26)14-25-9-7-24(8-10-25)13-16-3-5-20-21(11-16)30-15-29-20/h3,5,11,17-19H,4,6-10,12-15H2,1-2H3,(H,23,26). The summed E-state index contributed by atoms with van der Waals surface area (Å²) in [5, 5.41) is 3.18. The van der Waals surface area contributed by atoms with Crippen LogP contribution in [0.5, 0.6) is 11.5 Å². The molecule has 8 heteroatoms. The number of methoxy groups -OCH3 is 2. The van der Waals surface area contributed by atoms with Gasteiger partial charge in [0.05, 0.1) is 24.8 Å². The maximum atomic E-state index is 12.6. The summed E-state index contributed by atoms with van der Waals surface area (Å²) >= 11 is 0. The minimum atomic E-state index is 0.0218. The van der Waals surface area contributed by atoms with Gasteiger partial charge in [-0.15, -0.1) is 0 Å². The first-order valence-corrected chi connectivity index (χ1v) is 10.8. The highest BCUT2D eigenvalue weighted by atomic mass is 16.7. The third kappa shape index (κ3) is 5.24. The zero-order valence-electron chi connectivity index (χ0n) is 18.0. The lowest BCUT2D eigenvalue weighted by Gasteiger charge is -2.37. The Hall–Kier alpha value is -1.87. The van der Waals surface area contributed by atoms with E-state index in [0.29, 0.717) is 13.3 Å². The summed E-state index contributed by atoms with van der Waals surface area (Å²) < 4.78 is 21.9. The van der Waals surface area contributed by atoms with Gasteiger partial charge in [-0.05, 0) is 37.0 Å². The van der Waals surface area contributed by atoms with Crippen LogP contribution in [0.2, 0.25) is 0 Å². The minimum Gasteiger partial charge on any atom is -0.454 e. The SMILES string of the molecule is COC1CCC(OC)C(NC(=O)CN2CCN(Cc3ccc4c(c3)OCO4)CC2)C1. The molecule has 3 unspecified atom stereocenters. The summed E-state index contributed by atoms with van der Waals surface area (Å²) in [7, 11) is 3.45. The molecule has 1 aliphatic carbocycles. The van der Waals surface area contributed by atoms with Gasteiger partial charge in [-0.1, -0.05) is 6.07 Å². The molecule has 2 aliphatic heterocycles. The molecule has 0 radical (unpaired) electrons. The van der Waals surface area contributed by atoms with Crippen LogP contribution < -0.4 is 14.8 Å². The lowest BCUT2D eigenvalue weighted by molar-refractivity contribution is -0.125. The maximum absolute atomic E-state index is 12.6. The second kappa shape index (κ2) is 9.96. The van der Waals surface area contributed by atoms with Gasteiger partial charge in [0, 0.05) is 46.9 Å². The largest absolute Gasteiger partial charge is 0.454 e. The molecule has 1 saturated carbocycles. The van der Waals surface area contributed by atoms with E-state index in [-0.39, 0.29) is 24.2 Å². The number of nitrogens with zero attached hydrogens (tertiary/aromatic N) is 2. The number of ether oxygens (including phenoxy) is 4. The molecular formula is C22H33N3O5. The van der Waals surface area contributed by atoms with Gasteiger partial charge in [0.2, 0.25) is 12.7 Å². The highest BCUT2D eigenvalue weighted by Gasteiger charge is 2.32. The normalized spacial score (nSPS) is 27.2. The summed E-state index contributed by atoms with van der Waals surface area (Å²) in [6, 6.07) is 6.15. The van der Waals surface area contributed by atoms with Gasteiger partial charge in [0.15, 0.2) is 11.5 Å². The molecule has 3 aliphatic rings. The van der Waals surface area contributed by atoms with Crippen molar-refractivity contribution in [3.63, 3.8) is 0 Å². The third-order valence-corrected chi connectivity index (χ3v) is 6.40. The van der Waals surface area contributed by atoms with E-state index in [2.05, 4.69) is 27.2 Å². The van der Waals surface area contributed by atoms with E-state index in [1.165, 1.54) is 5.56 Å². The van der Waals surface area contributed by atoms with Crippen molar-refractivity contribution >= 4 is 5.91 Å². The van der Waals surface area contributed by atoms with Gasteiger partial charge in [-0.2, -0.15) is 0 Å². The molecule has 0 spiro atoms. The average molecular weight is 420 g/mol. The summed E-state index contributed by atoms with van der Waals surface area (Å²) in [6.07, 6.45) is 2.97. The Morgan fingerprint density at radius 3 is 2.60 bits per heavy atom. The molecule has 166 valence electrons. The molecule has 0 bridgehead atoms. The topological polar surface area (TPSA) is 72.5 Å². The van der Waals surface area contributed by atoms with E-state index in [1.807, 2.05) is 6.07 Å². The van der Waals surface area contributed by atoms with E-state index in [9.17, 15) is 4.79 Å². The Balaban J connectivity index is 1.21. The summed E-state index contributed by atoms with van der Waals surface area (Å²) in [6.45, 7) is 5.27. The lowest BCUT2D eigenvalue weighted by atomic mass is 9.90. The first-order valence-electron chi connectivity index (χ1n) is 10.8. The maximum Gasteiger partial charge on any atom is 0.234 e.